The smallest absolute Gasteiger partial charge is 0.315 e. The topological polar surface area (TPSA) is 108 Å². The predicted octanol–water partition coefficient (Wildman–Crippen LogP) is 1.62. The van der Waals surface area contributed by atoms with Gasteiger partial charge in [-0.05, 0) is 33.1 Å². The Morgan fingerprint density at radius 3 is 2.39 bits per heavy atom. The van der Waals surface area contributed by atoms with Gasteiger partial charge in [-0.25, -0.2) is 4.79 Å². The van der Waals surface area contributed by atoms with Crippen molar-refractivity contribution in [3.63, 3.8) is 0 Å². The van der Waals surface area contributed by atoms with Crippen molar-refractivity contribution in [1.29, 1.82) is 0 Å². The van der Waals surface area contributed by atoms with E-state index in [0.717, 1.165) is 25.7 Å². The molecule has 7 nitrogen and oxygen atoms in total. The van der Waals surface area contributed by atoms with Crippen LogP contribution in [-0.4, -0.2) is 41.6 Å². The molecule has 1 rings (SSSR count). The predicted molar refractivity (Wildman–Crippen MR) is 87.0 cm³/mol. The third-order valence-corrected chi connectivity index (χ3v) is 4.33. The highest BCUT2D eigenvalue weighted by atomic mass is 16.4. The molecule has 0 aliphatic heterocycles. The highest BCUT2D eigenvalue weighted by Crippen LogP contribution is 2.17. The van der Waals surface area contributed by atoms with Crippen LogP contribution in [0.3, 0.4) is 0 Å². The highest BCUT2D eigenvalue weighted by molar-refractivity contribution is 5.78. The fourth-order valence-electron chi connectivity index (χ4n) is 2.60. The third-order valence-electron chi connectivity index (χ3n) is 4.33. The number of amides is 3. The van der Waals surface area contributed by atoms with E-state index in [9.17, 15) is 14.4 Å². The number of aliphatic carboxylic acids is 1. The zero-order valence-corrected chi connectivity index (χ0v) is 14.1. The average Bonchev–Trinajstić information content (AvgIpc) is 2.51. The van der Waals surface area contributed by atoms with E-state index in [4.69, 9.17) is 5.11 Å². The van der Waals surface area contributed by atoms with Crippen molar-refractivity contribution >= 4 is 17.9 Å². The van der Waals surface area contributed by atoms with E-state index < -0.39 is 17.9 Å². The fourth-order valence-corrected chi connectivity index (χ4v) is 2.60. The Balaban J connectivity index is 2.10. The number of urea groups is 1. The first kappa shape index (κ1) is 19.3. The molecule has 1 saturated carbocycles. The van der Waals surface area contributed by atoms with E-state index in [1.807, 2.05) is 0 Å². The Morgan fingerprint density at radius 1 is 1.13 bits per heavy atom. The van der Waals surface area contributed by atoms with Gasteiger partial charge in [0.05, 0.1) is 5.92 Å². The molecule has 0 radical (unpaired) electrons. The minimum atomic E-state index is -0.932. The third kappa shape index (κ3) is 7.85. The molecule has 1 aliphatic carbocycles. The molecule has 0 spiro atoms. The van der Waals surface area contributed by atoms with Crippen LogP contribution in [0.15, 0.2) is 0 Å². The van der Waals surface area contributed by atoms with Crippen LogP contribution in [-0.2, 0) is 9.59 Å². The first-order valence-electron chi connectivity index (χ1n) is 8.46. The van der Waals surface area contributed by atoms with Crippen molar-refractivity contribution in [2.75, 3.05) is 6.54 Å². The molecule has 0 bridgehead atoms. The number of carbonyl (C=O) groups excluding carboxylic acids is 2. The second kappa shape index (κ2) is 10.1. The van der Waals surface area contributed by atoms with Crippen LogP contribution in [0.25, 0.3) is 0 Å². The van der Waals surface area contributed by atoms with Crippen LogP contribution < -0.4 is 16.0 Å². The molecule has 23 heavy (non-hydrogen) atoms. The van der Waals surface area contributed by atoms with Crippen molar-refractivity contribution in [2.24, 2.45) is 5.92 Å². The second-order valence-electron chi connectivity index (χ2n) is 6.32. The van der Waals surface area contributed by atoms with Crippen LogP contribution >= 0.6 is 0 Å². The van der Waals surface area contributed by atoms with Crippen LogP contribution in [0, 0.1) is 5.92 Å². The number of nitrogens with one attached hydrogen (secondary N) is 3. The minimum absolute atomic E-state index is 0.176. The number of rotatable bonds is 8. The van der Waals surface area contributed by atoms with Crippen LogP contribution in [0.5, 0.6) is 0 Å². The fraction of sp³-hybridized carbons (Fsp3) is 0.812. The summed E-state index contributed by atoms with van der Waals surface area (Å²) in [5.41, 5.74) is 0. The summed E-state index contributed by atoms with van der Waals surface area (Å²) >= 11 is 0. The lowest BCUT2D eigenvalue weighted by Crippen LogP contribution is -2.43. The summed E-state index contributed by atoms with van der Waals surface area (Å²) in [6, 6.07) is -0.321. The van der Waals surface area contributed by atoms with Gasteiger partial charge in [-0.2, -0.15) is 0 Å². The summed E-state index contributed by atoms with van der Waals surface area (Å²) in [4.78, 5) is 34.2. The molecule has 3 amide bonds. The molecule has 7 heteroatoms. The van der Waals surface area contributed by atoms with Gasteiger partial charge in [-0.1, -0.05) is 19.3 Å². The Morgan fingerprint density at radius 2 is 1.78 bits per heavy atom. The van der Waals surface area contributed by atoms with Gasteiger partial charge in [0.2, 0.25) is 5.91 Å². The zero-order chi connectivity index (χ0) is 17.2. The van der Waals surface area contributed by atoms with Gasteiger partial charge in [0.1, 0.15) is 0 Å². The lowest BCUT2D eigenvalue weighted by atomic mass is 9.96. The molecular formula is C16H29N3O4. The Hall–Kier alpha value is -1.79. The summed E-state index contributed by atoms with van der Waals surface area (Å²) in [7, 11) is 0. The normalized spacial score (nSPS) is 17.8. The summed E-state index contributed by atoms with van der Waals surface area (Å²) in [5.74, 6) is -1.75. The number of carbonyl (C=O) groups is 3. The lowest BCUT2D eigenvalue weighted by molar-refractivity contribution is -0.142. The van der Waals surface area contributed by atoms with Gasteiger partial charge in [0.15, 0.2) is 0 Å². The van der Waals surface area contributed by atoms with Crippen molar-refractivity contribution in [1.82, 2.24) is 16.0 Å². The Kier molecular flexibility index (Phi) is 8.43. The number of carboxylic acid groups (broad SMARTS) is 1. The van der Waals surface area contributed by atoms with Gasteiger partial charge in [-0.15, -0.1) is 0 Å². The molecule has 0 aromatic carbocycles. The Bertz CT molecular complexity index is 408. The van der Waals surface area contributed by atoms with Crippen molar-refractivity contribution < 1.29 is 19.5 Å². The summed E-state index contributed by atoms with van der Waals surface area (Å²) in [6.07, 6.45) is 6.44. The summed E-state index contributed by atoms with van der Waals surface area (Å²) in [5, 5.41) is 17.2. The first-order valence-corrected chi connectivity index (χ1v) is 8.46. The number of carboxylic acids is 1. The van der Waals surface area contributed by atoms with Crippen molar-refractivity contribution in [2.45, 2.75) is 70.9 Å². The van der Waals surface area contributed by atoms with Gasteiger partial charge >= 0.3 is 12.0 Å². The average molecular weight is 327 g/mol. The van der Waals surface area contributed by atoms with Crippen LogP contribution in [0.4, 0.5) is 4.79 Å². The maximum absolute atomic E-state index is 11.7. The van der Waals surface area contributed by atoms with Crippen LogP contribution in [0.2, 0.25) is 0 Å². The molecular weight excluding hydrogens is 298 g/mol. The number of hydrogen-bond donors (Lipinski definition) is 4. The van der Waals surface area contributed by atoms with E-state index in [0.29, 0.717) is 13.0 Å². The summed E-state index contributed by atoms with van der Waals surface area (Å²) < 4.78 is 0. The molecule has 132 valence electrons. The van der Waals surface area contributed by atoms with E-state index >= 15 is 0 Å². The molecule has 0 aromatic rings. The van der Waals surface area contributed by atoms with E-state index in [2.05, 4.69) is 16.0 Å². The van der Waals surface area contributed by atoms with Crippen molar-refractivity contribution in [3.05, 3.63) is 0 Å². The van der Waals surface area contributed by atoms with E-state index in [1.54, 1.807) is 13.8 Å². The van der Waals surface area contributed by atoms with Crippen molar-refractivity contribution in [3.8, 4) is 0 Å². The standard InChI is InChI=1S/C16H29N3O4/c1-11(15(21)22)12(2)18-14(20)9-6-10-17-16(23)19-13-7-4-3-5-8-13/h11-13H,3-10H2,1-2H3,(H,18,20)(H,21,22)(H2,17,19,23). The monoisotopic (exact) mass is 327 g/mol. The maximum Gasteiger partial charge on any atom is 0.315 e. The molecule has 0 saturated heterocycles. The molecule has 1 aliphatic rings. The lowest BCUT2D eigenvalue weighted by Gasteiger charge is -2.22. The number of hydrogen-bond acceptors (Lipinski definition) is 3. The molecule has 2 atom stereocenters. The minimum Gasteiger partial charge on any atom is -0.481 e. The summed E-state index contributed by atoms with van der Waals surface area (Å²) in [6.45, 7) is 3.66. The molecule has 4 N–H and O–H groups in total. The molecule has 2 unspecified atom stereocenters. The molecule has 0 heterocycles. The SMILES string of the molecule is CC(NC(=O)CCCNC(=O)NC1CCCCC1)C(C)C(=O)O. The van der Waals surface area contributed by atoms with Gasteiger partial charge in [0, 0.05) is 25.0 Å². The van der Waals surface area contributed by atoms with Gasteiger partial charge in [0.25, 0.3) is 0 Å². The first-order chi connectivity index (χ1) is 10.9. The van der Waals surface area contributed by atoms with Gasteiger partial charge in [-0.3, -0.25) is 9.59 Å². The van der Waals surface area contributed by atoms with E-state index in [1.165, 1.54) is 6.42 Å². The second-order valence-corrected chi connectivity index (χ2v) is 6.32. The largest absolute Gasteiger partial charge is 0.481 e. The van der Waals surface area contributed by atoms with Crippen LogP contribution in [0.1, 0.15) is 58.8 Å². The highest BCUT2D eigenvalue weighted by Gasteiger charge is 2.20. The maximum atomic E-state index is 11.7. The van der Waals surface area contributed by atoms with E-state index in [-0.39, 0.29) is 24.4 Å². The Labute approximate surface area is 137 Å². The molecule has 1 fully saturated rings. The zero-order valence-electron chi connectivity index (χ0n) is 14.1. The quantitative estimate of drug-likeness (QED) is 0.508. The molecule has 0 aromatic heterocycles. The van der Waals surface area contributed by atoms with Gasteiger partial charge < -0.3 is 21.1 Å².